The summed E-state index contributed by atoms with van der Waals surface area (Å²) in [6, 6.07) is 9.76. The Morgan fingerprint density at radius 3 is 2.74 bits per heavy atom. The summed E-state index contributed by atoms with van der Waals surface area (Å²) in [7, 11) is 0. The number of rotatable bonds is 3. The molecule has 19 heavy (non-hydrogen) atoms. The summed E-state index contributed by atoms with van der Waals surface area (Å²) in [6.45, 7) is 1.81. The lowest BCUT2D eigenvalue weighted by atomic mass is 10.1. The average molecular weight is 485 g/mol. The molecule has 1 aliphatic heterocycles. The van der Waals surface area contributed by atoms with Crippen LogP contribution in [-0.4, -0.2) is 28.5 Å². The minimum atomic E-state index is -0.214. The number of nitrogens with zero attached hydrogens (tertiary/aromatic N) is 1. The Hall–Kier alpha value is -0.310. The zero-order valence-electron chi connectivity index (χ0n) is 10.5. The topological polar surface area (TPSA) is 29.5 Å². The summed E-state index contributed by atoms with van der Waals surface area (Å²) in [6.07, 6.45) is 2.93. The van der Waals surface area contributed by atoms with E-state index in [-0.39, 0.29) is 30.1 Å². The van der Waals surface area contributed by atoms with E-state index < -0.39 is 0 Å². The molecule has 0 aromatic heterocycles. The van der Waals surface area contributed by atoms with Crippen molar-refractivity contribution < 1.29 is 9.53 Å². The lowest BCUT2D eigenvalue weighted by Crippen LogP contribution is -2.36. The molecule has 1 aromatic carbocycles. The first-order valence-corrected chi connectivity index (χ1v) is 7.51. The molecule has 104 valence electrons. The summed E-state index contributed by atoms with van der Waals surface area (Å²) in [5.41, 5.74) is 2.33. The molecule has 0 radical (unpaired) electrons. The van der Waals surface area contributed by atoms with Crippen molar-refractivity contribution in [2.24, 2.45) is 0 Å². The minimum Gasteiger partial charge on any atom is -0.445 e. The molecule has 3 nitrogen and oxygen atoms in total. The number of alkyl halides is 1. The van der Waals surface area contributed by atoms with Crippen LogP contribution in [-0.2, 0) is 11.3 Å². The van der Waals surface area contributed by atoms with Crippen LogP contribution in [0.5, 0.6) is 0 Å². The Balaban J connectivity index is 0.00000180. The Kier molecular flexibility index (Phi) is 7.74. The number of amides is 1. The van der Waals surface area contributed by atoms with E-state index in [1.54, 1.807) is 4.90 Å². The van der Waals surface area contributed by atoms with E-state index in [2.05, 4.69) is 28.7 Å². The van der Waals surface area contributed by atoms with Gasteiger partial charge >= 0.3 is 6.09 Å². The molecule has 0 N–H and O–H groups in total. The molecule has 0 atom stereocenters. The highest BCUT2D eigenvalue weighted by Crippen LogP contribution is 2.13. The van der Waals surface area contributed by atoms with Gasteiger partial charge in [0.05, 0.1) is 0 Å². The van der Waals surface area contributed by atoms with Crippen LogP contribution in [0.1, 0.15) is 12.0 Å². The van der Waals surface area contributed by atoms with Crippen molar-refractivity contribution in [1.82, 2.24) is 4.90 Å². The fourth-order valence-electron chi connectivity index (χ4n) is 1.88. The van der Waals surface area contributed by atoms with Gasteiger partial charge in [-0.25, -0.2) is 4.79 Å². The van der Waals surface area contributed by atoms with Crippen molar-refractivity contribution in [3.05, 3.63) is 47.5 Å². The van der Waals surface area contributed by atoms with Gasteiger partial charge in [0, 0.05) is 17.5 Å². The fourth-order valence-corrected chi connectivity index (χ4v) is 2.43. The van der Waals surface area contributed by atoms with Crippen LogP contribution < -0.4 is 0 Å². The highest BCUT2D eigenvalue weighted by Gasteiger charge is 2.18. The molecule has 1 amide bonds. The summed E-state index contributed by atoms with van der Waals surface area (Å²) in [5, 5.41) is 0. The maximum atomic E-state index is 11.9. The molecule has 0 saturated carbocycles. The zero-order chi connectivity index (χ0) is 12.8. The van der Waals surface area contributed by atoms with Gasteiger partial charge in [-0.1, -0.05) is 59.0 Å². The van der Waals surface area contributed by atoms with E-state index in [4.69, 9.17) is 4.74 Å². The van der Waals surface area contributed by atoms with Crippen molar-refractivity contribution in [3.63, 3.8) is 0 Å². The van der Waals surface area contributed by atoms with E-state index in [0.29, 0.717) is 13.2 Å². The van der Waals surface area contributed by atoms with Crippen molar-refractivity contribution in [1.29, 1.82) is 0 Å². The Bertz CT molecular complexity index is 434. The number of benzene rings is 1. The number of carbonyl (C=O) groups excluding carboxylic acids is 1. The SMILES string of the molecule is I.O=C(OCc1ccccc1)N1CCC=C(CI)C1. The normalized spacial score (nSPS) is 14.4. The van der Waals surface area contributed by atoms with Crippen LogP contribution >= 0.6 is 46.6 Å². The van der Waals surface area contributed by atoms with Crippen LogP contribution in [0.2, 0.25) is 0 Å². The Morgan fingerprint density at radius 1 is 1.32 bits per heavy atom. The van der Waals surface area contributed by atoms with E-state index in [0.717, 1.165) is 23.0 Å². The molecule has 0 fully saturated rings. The Labute approximate surface area is 144 Å². The minimum absolute atomic E-state index is 0. The number of hydrogen-bond donors (Lipinski definition) is 0. The van der Waals surface area contributed by atoms with Gasteiger partial charge in [-0.3, -0.25) is 0 Å². The van der Waals surface area contributed by atoms with Crippen molar-refractivity contribution in [3.8, 4) is 0 Å². The van der Waals surface area contributed by atoms with Gasteiger partial charge in [0.15, 0.2) is 0 Å². The first kappa shape index (κ1) is 16.7. The molecule has 1 aliphatic rings. The second-order valence-corrected chi connectivity index (χ2v) is 5.01. The predicted octanol–water partition coefficient (Wildman–Crippen LogP) is 4.01. The van der Waals surface area contributed by atoms with Crippen LogP contribution in [0, 0.1) is 0 Å². The monoisotopic (exact) mass is 485 g/mol. The van der Waals surface area contributed by atoms with E-state index in [1.165, 1.54) is 5.57 Å². The van der Waals surface area contributed by atoms with Gasteiger partial charge < -0.3 is 9.64 Å². The highest BCUT2D eigenvalue weighted by atomic mass is 127. The largest absolute Gasteiger partial charge is 0.445 e. The number of ether oxygens (including phenoxy) is 1. The standard InChI is InChI=1S/C14H16INO2.HI/c15-9-13-7-4-8-16(10-13)14(17)18-11-12-5-2-1-3-6-12;/h1-3,5-7H,4,8-11H2;1H. The maximum Gasteiger partial charge on any atom is 0.410 e. The molecule has 1 heterocycles. The van der Waals surface area contributed by atoms with E-state index in [9.17, 15) is 4.79 Å². The van der Waals surface area contributed by atoms with Gasteiger partial charge in [0.1, 0.15) is 6.61 Å². The molecule has 5 heteroatoms. The quantitative estimate of drug-likeness (QED) is 0.368. The molecule has 0 spiro atoms. The van der Waals surface area contributed by atoms with Crippen molar-refractivity contribution in [2.75, 3.05) is 17.5 Å². The number of halogens is 2. The van der Waals surface area contributed by atoms with Crippen molar-refractivity contribution >= 4 is 52.7 Å². The van der Waals surface area contributed by atoms with Gasteiger partial charge in [-0.05, 0) is 17.6 Å². The molecular weight excluding hydrogens is 468 g/mol. The summed E-state index contributed by atoms with van der Waals surface area (Å²) < 4.78 is 6.29. The predicted molar refractivity (Wildman–Crippen MR) is 95.2 cm³/mol. The third kappa shape index (κ3) is 5.29. The third-order valence-corrected chi connectivity index (χ3v) is 3.84. The zero-order valence-corrected chi connectivity index (χ0v) is 15.0. The second kappa shape index (κ2) is 8.78. The average Bonchev–Trinajstić information content (AvgIpc) is 2.46. The summed E-state index contributed by atoms with van der Waals surface area (Å²) in [5.74, 6) is 0. The first-order valence-electron chi connectivity index (χ1n) is 5.99. The van der Waals surface area contributed by atoms with Crippen LogP contribution in [0.15, 0.2) is 42.0 Å². The van der Waals surface area contributed by atoms with Gasteiger partial charge in [-0.15, -0.1) is 24.0 Å². The number of hydrogen-bond acceptors (Lipinski definition) is 2. The van der Waals surface area contributed by atoms with Gasteiger partial charge in [0.25, 0.3) is 0 Å². The van der Waals surface area contributed by atoms with Gasteiger partial charge in [0.2, 0.25) is 0 Å². The van der Waals surface area contributed by atoms with Crippen LogP contribution in [0.4, 0.5) is 4.79 Å². The molecule has 2 rings (SSSR count). The summed E-state index contributed by atoms with van der Waals surface area (Å²) in [4.78, 5) is 13.7. The lowest BCUT2D eigenvalue weighted by Gasteiger charge is -2.26. The van der Waals surface area contributed by atoms with Gasteiger partial charge in [-0.2, -0.15) is 0 Å². The third-order valence-electron chi connectivity index (χ3n) is 2.86. The maximum absolute atomic E-state index is 11.9. The molecule has 1 aromatic rings. The Morgan fingerprint density at radius 2 is 2.05 bits per heavy atom. The van der Waals surface area contributed by atoms with Crippen LogP contribution in [0.25, 0.3) is 0 Å². The fraction of sp³-hybridized carbons (Fsp3) is 0.357. The molecule has 0 unspecified atom stereocenters. The van der Waals surface area contributed by atoms with E-state index in [1.807, 2.05) is 30.3 Å². The first-order chi connectivity index (χ1) is 8.79. The molecular formula is C14H17I2NO2. The molecule has 0 saturated heterocycles. The number of carbonyl (C=O) groups is 1. The second-order valence-electron chi connectivity index (χ2n) is 4.25. The highest BCUT2D eigenvalue weighted by molar-refractivity contribution is 14.1. The van der Waals surface area contributed by atoms with E-state index >= 15 is 0 Å². The lowest BCUT2D eigenvalue weighted by molar-refractivity contribution is 0.0984. The molecule has 0 aliphatic carbocycles. The molecule has 0 bridgehead atoms. The smallest absolute Gasteiger partial charge is 0.410 e. The summed E-state index contributed by atoms with van der Waals surface area (Å²) >= 11 is 2.32. The van der Waals surface area contributed by atoms with Crippen molar-refractivity contribution in [2.45, 2.75) is 13.0 Å². The van der Waals surface area contributed by atoms with Crippen LogP contribution in [0.3, 0.4) is 0 Å².